The van der Waals surface area contributed by atoms with E-state index in [1.807, 2.05) is 19.9 Å². The van der Waals surface area contributed by atoms with Gasteiger partial charge in [0, 0.05) is 0 Å². The Balaban J connectivity index is 2.77. The second-order valence-corrected chi connectivity index (χ2v) is 5.60. The molecule has 0 bridgehead atoms. The first-order valence-electron chi connectivity index (χ1n) is 3.21. The van der Waals surface area contributed by atoms with Gasteiger partial charge in [0.2, 0.25) is 0 Å². The molecule has 11 heavy (non-hydrogen) atoms. The summed E-state index contributed by atoms with van der Waals surface area (Å²) in [5.74, 6) is 0. The molecule has 1 aromatic heterocycles. The molecule has 0 saturated carbocycles. The van der Waals surface area contributed by atoms with Crippen LogP contribution < -0.4 is 4.74 Å². The van der Waals surface area contributed by atoms with E-state index in [2.05, 4.69) is 31.9 Å². The van der Waals surface area contributed by atoms with Crippen LogP contribution in [0, 0.1) is 0 Å². The molecule has 62 valence electrons. The summed E-state index contributed by atoms with van der Waals surface area (Å²) in [6.45, 7) is 4.03. The van der Waals surface area contributed by atoms with Crippen LogP contribution in [0.25, 0.3) is 0 Å². The van der Waals surface area contributed by atoms with Crippen LogP contribution in [0.15, 0.2) is 14.3 Å². The molecule has 0 unspecified atom stereocenters. The average Bonchev–Trinajstić information content (AvgIpc) is 2.09. The lowest BCUT2D eigenvalue weighted by atomic mass is 10.5. The minimum absolute atomic E-state index is 0.233. The molecule has 1 nitrogen and oxygen atoms in total. The standard InChI is InChI=1S/C7H8Br2OS/c1-4(2)10-7-5(8)3-6(9)11-7/h3-4H,1-2H3. The van der Waals surface area contributed by atoms with Gasteiger partial charge in [-0.05, 0) is 51.8 Å². The predicted molar refractivity (Wildman–Crippen MR) is 55.5 cm³/mol. The summed E-state index contributed by atoms with van der Waals surface area (Å²) in [4.78, 5) is 0. The highest BCUT2D eigenvalue weighted by atomic mass is 79.9. The van der Waals surface area contributed by atoms with Crippen LogP contribution in [-0.4, -0.2) is 6.10 Å². The van der Waals surface area contributed by atoms with Gasteiger partial charge in [-0.15, -0.1) is 0 Å². The van der Waals surface area contributed by atoms with Crippen LogP contribution in [-0.2, 0) is 0 Å². The molecule has 4 heteroatoms. The highest BCUT2D eigenvalue weighted by Gasteiger charge is 2.07. The van der Waals surface area contributed by atoms with E-state index in [1.165, 1.54) is 0 Å². The minimum Gasteiger partial charge on any atom is -0.480 e. The van der Waals surface area contributed by atoms with Crippen LogP contribution in [0.4, 0.5) is 0 Å². The summed E-state index contributed by atoms with van der Waals surface area (Å²) in [5, 5.41) is 0.937. The number of hydrogen-bond donors (Lipinski definition) is 0. The van der Waals surface area contributed by atoms with Crippen LogP contribution in [0.1, 0.15) is 13.8 Å². The normalized spacial score (nSPS) is 10.6. The Morgan fingerprint density at radius 2 is 2.09 bits per heavy atom. The quantitative estimate of drug-likeness (QED) is 0.800. The van der Waals surface area contributed by atoms with Crippen molar-refractivity contribution in [3.63, 3.8) is 0 Å². The molecule has 0 spiro atoms. The van der Waals surface area contributed by atoms with E-state index in [-0.39, 0.29) is 6.10 Å². The summed E-state index contributed by atoms with van der Waals surface area (Å²) >= 11 is 8.37. The second-order valence-electron chi connectivity index (χ2n) is 2.35. The van der Waals surface area contributed by atoms with Crippen molar-refractivity contribution in [2.75, 3.05) is 0 Å². The number of halogens is 2. The topological polar surface area (TPSA) is 9.23 Å². The zero-order chi connectivity index (χ0) is 8.43. The van der Waals surface area contributed by atoms with Crippen LogP contribution >= 0.6 is 43.2 Å². The van der Waals surface area contributed by atoms with E-state index in [0.717, 1.165) is 13.3 Å². The van der Waals surface area contributed by atoms with Gasteiger partial charge in [-0.3, -0.25) is 0 Å². The molecule has 0 N–H and O–H groups in total. The highest BCUT2D eigenvalue weighted by molar-refractivity contribution is 9.11. The largest absolute Gasteiger partial charge is 0.480 e. The fraction of sp³-hybridized carbons (Fsp3) is 0.429. The van der Waals surface area contributed by atoms with Crippen molar-refractivity contribution >= 4 is 43.2 Å². The highest BCUT2D eigenvalue weighted by Crippen LogP contribution is 2.38. The number of ether oxygens (including phenoxy) is 1. The lowest BCUT2D eigenvalue weighted by Crippen LogP contribution is -2.04. The van der Waals surface area contributed by atoms with Gasteiger partial charge in [0.25, 0.3) is 0 Å². The Kier molecular flexibility index (Phi) is 3.40. The van der Waals surface area contributed by atoms with Crippen molar-refractivity contribution in [3.8, 4) is 5.06 Å². The minimum atomic E-state index is 0.233. The van der Waals surface area contributed by atoms with Crippen molar-refractivity contribution in [3.05, 3.63) is 14.3 Å². The maximum atomic E-state index is 5.51. The molecule has 0 atom stereocenters. The monoisotopic (exact) mass is 298 g/mol. The van der Waals surface area contributed by atoms with Gasteiger partial charge in [0.1, 0.15) is 0 Å². The first kappa shape index (κ1) is 9.55. The SMILES string of the molecule is CC(C)Oc1sc(Br)cc1Br. The maximum absolute atomic E-state index is 5.51. The summed E-state index contributed by atoms with van der Waals surface area (Å²) in [7, 11) is 0. The zero-order valence-electron chi connectivity index (χ0n) is 6.23. The molecular formula is C7H8Br2OS. The van der Waals surface area contributed by atoms with Gasteiger partial charge in [-0.1, -0.05) is 11.3 Å². The van der Waals surface area contributed by atoms with Crippen molar-refractivity contribution < 1.29 is 4.74 Å². The first-order valence-corrected chi connectivity index (χ1v) is 5.61. The van der Waals surface area contributed by atoms with Crippen LogP contribution in [0.2, 0.25) is 0 Å². The molecule has 0 amide bonds. The van der Waals surface area contributed by atoms with E-state index < -0.39 is 0 Å². The third-order valence-corrected chi connectivity index (χ3v) is 3.35. The first-order chi connectivity index (χ1) is 5.09. The fourth-order valence-corrected chi connectivity index (χ4v) is 3.06. The second kappa shape index (κ2) is 3.92. The molecule has 1 heterocycles. The van der Waals surface area contributed by atoms with Gasteiger partial charge < -0.3 is 4.74 Å². The Hall–Kier alpha value is 0.460. The fourth-order valence-electron chi connectivity index (χ4n) is 0.620. The lowest BCUT2D eigenvalue weighted by Gasteiger charge is -2.06. The zero-order valence-corrected chi connectivity index (χ0v) is 10.2. The van der Waals surface area contributed by atoms with Crippen LogP contribution in [0.3, 0.4) is 0 Å². The van der Waals surface area contributed by atoms with Crippen LogP contribution in [0.5, 0.6) is 5.06 Å². The van der Waals surface area contributed by atoms with Gasteiger partial charge >= 0.3 is 0 Å². The molecule has 0 aliphatic heterocycles. The summed E-state index contributed by atoms with van der Waals surface area (Å²) < 4.78 is 7.61. The third-order valence-electron chi connectivity index (χ3n) is 0.968. The van der Waals surface area contributed by atoms with Gasteiger partial charge in [0.15, 0.2) is 5.06 Å². The van der Waals surface area contributed by atoms with Crippen molar-refractivity contribution in [1.29, 1.82) is 0 Å². The van der Waals surface area contributed by atoms with Gasteiger partial charge in [0.05, 0.1) is 14.4 Å². The third kappa shape index (κ3) is 2.76. The van der Waals surface area contributed by atoms with Crippen molar-refractivity contribution in [1.82, 2.24) is 0 Å². The van der Waals surface area contributed by atoms with E-state index in [4.69, 9.17) is 4.74 Å². The summed E-state index contributed by atoms with van der Waals surface area (Å²) in [6, 6.07) is 1.99. The number of thiophene rings is 1. The van der Waals surface area contributed by atoms with Gasteiger partial charge in [-0.25, -0.2) is 0 Å². The summed E-state index contributed by atoms with van der Waals surface area (Å²) in [6.07, 6.45) is 0.233. The van der Waals surface area contributed by atoms with E-state index in [1.54, 1.807) is 11.3 Å². The molecule has 0 saturated heterocycles. The van der Waals surface area contributed by atoms with Crippen molar-refractivity contribution in [2.24, 2.45) is 0 Å². The van der Waals surface area contributed by atoms with E-state index >= 15 is 0 Å². The Bertz CT molecular complexity index is 245. The average molecular weight is 300 g/mol. The molecule has 0 aliphatic rings. The summed E-state index contributed by atoms with van der Waals surface area (Å²) in [5.41, 5.74) is 0. The maximum Gasteiger partial charge on any atom is 0.189 e. The molecule has 0 aromatic carbocycles. The number of hydrogen-bond acceptors (Lipinski definition) is 2. The van der Waals surface area contributed by atoms with Gasteiger partial charge in [-0.2, -0.15) is 0 Å². The van der Waals surface area contributed by atoms with Crippen molar-refractivity contribution in [2.45, 2.75) is 20.0 Å². The number of rotatable bonds is 2. The lowest BCUT2D eigenvalue weighted by molar-refractivity contribution is 0.248. The Morgan fingerprint density at radius 3 is 2.45 bits per heavy atom. The molecule has 0 aliphatic carbocycles. The molecule has 1 aromatic rings. The Labute approximate surface area is 87.0 Å². The molecular weight excluding hydrogens is 292 g/mol. The van der Waals surface area contributed by atoms with E-state index in [9.17, 15) is 0 Å². The molecule has 1 rings (SSSR count). The van der Waals surface area contributed by atoms with E-state index in [0.29, 0.717) is 0 Å². The Morgan fingerprint density at radius 1 is 1.45 bits per heavy atom. The molecule has 0 radical (unpaired) electrons. The smallest absolute Gasteiger partial charge is 0.189 e. The predicted octanol–water partition coefficient (Wildman–Crippen LogP) is 4.06. The molecule has 0 fully saturated rings.